The first-order chi connectivity index (χ1) is 13.9. The van der Waals surface area contributed by atoms with E-state index in [-0.39, 0.29) is 17.4 Å². The fraction of sp³-hybridized carbons (Fsp3) is 0.0455. The quantitative estimate of drug-likeness (QED) is 0.352. The van der Waals surface area contributed by atoms with Gasteiger partial charge in [0.25, 0.3) is 0 Å². The van der Waals surface area contributed by atoms with E-state index in [1.807, 2.05) is 18.2 Å². The lowest BCUT2D eigenvalue weighted by atomic mass is 10.0. The van der Waals surface area contributed by atoms with Crippen molar-refractivity contribution in [1.29, 1.82) is 0 Å². The maximum Gasteiger partial charge on any atom is 0.182 e. The summed E-state index contributed by atoms with van der Waals surface area (Å²) in [5.74, 6) is 0.476. The first-order valence-corrected chi connectivity index (χ1v) is 9.52. The molecular formula is C22H15Cl2FN2O2. The largest absolute Gasteiger partial charge is 0.599 e. The molecule has 0 saturated carbocycles. The van der Waals surface area contributed by atoms with Crippen molar-refractivity contribution in [3.63, 3.8) is 0 Å². The van der Waals surface area contributed by atoms with Crippen molar-refractivity contribution >= 4 is 35.1 Å². The van der Waals surface area contributed by atoms with E-state index in [1.54, 1.807) is 42.5 Å². The van der Waals surface area contributed by atoms with Crippen molar-refractivity contribution < 1.29 is 9.13 Å². The number of hydrogen-bond acceptors (Lipinski definition) is 3. The first kappa shape index (κ1) is 19.6. The molecule has 1 heterocycles. The van der Waals surface area contributed by atoms with Gasteiger partial charge >= 0.3 is 0 Å². The van der Waals surface area contributed by atoms with Gasteiger partial charge in [0.05, 0.1) is 0 Å². The van der Waals surface area contributed by atoms with E-state index in [2.05, 4.69) is 5.10 Å². The lowest BCUT2D eigenvalue weighted by Gasteiger charge is -2.37. The highest BCUT2D eigenvalue weighted by Crippen LogP contribution is 2.35. The molecule has 0 bridgehead atoms. The van der Waals surface area contributed by atoms with Gasteiger partial charge in [-0.15, -0.1) is 0 Å². The van der Waals surface area contributed by atoms with E-state index < -0.39 is 4.76 Å². The molecule has 1 aliphatic rings. The van der Waals surface area contributed by atoms with E-state index in [4.69, 9.17) is 27.9 Å². The Bertz CT molecular complexity index is 1100. The van der Waals surface area contributed by atoms with Gasteiger partial charge in [-0.3, -0.25) is 0 Å². The van der Waals surface area contributed by atoms with Crippen LogP contribution in [0.1, 0.15) is 0 Å². The summed E-state index contributed by atoms with van der Waals surface area (Å²) in [6.07, 6.45) is 1.29. The van der Waals surface area contributed by atoms with Crippen LogP contribution >= 0.6 is 23.2 Å². The SMILES string of the molecule is [O-][N+]1(c2ccc(Cl)cc2)CC(Oc2ccccc2-c2ccc(F)cc2)=C(Cl)C=N1. The number of hydroxylamine groups is 1. The highest BCUT2D eigenvalue weighted by Gasteiger charge is 2.29. The third-order valence-electron chi connectivity index (χ3n) is 4.49. The van der Waals surface area contributed by atoms with Crippen LogP contribution in [0, 0.1) is 11.0 Å². The smallest absolute Gasteiger partial charge is 0.182 e. The number of quaternary nitrogens is 1. The van der Waals surface area contributed by atoms with Crippen LogP contribution in [0.3, 0.4) is 0 Å². The van der Waals surface area contributed by atoms with Crippen molar-refractivity contribution in [2.24, 2.45) is 5.10 Å². The monoisotopic (exact) mass is 428 g/mol. The number of nitrogens with zero attached hydrogens (tertiary/aromatic N) is 2. The number of allylic oxidation sites excluding steroid dienone is 1. The van der Waals surface area contributed by atoms with Gasteiger partial charge in [-0.05, 0) is 35.9 Å². The Hall–Kier alpha value is -2.70. The van der Waals surface area contributed by atoms with Gasteiger partial charge in [0, 0.05) is 22.7 Å². The van der Waals surface area contributed by atoms with Crippen LogP contribution in [0.15, 0.2) is 88.7 Å². The molecule has 0 aliphatic carbocycles. The fourth-order valence-electron chi connectivity index (χ4n) is 3.00. The molecule has 29 heavy (non-hydrogen) atoms. The second-order valence-corrected chi connectivity index (χ2v) is 7.30. The van der Waals surface area contributed by atoms with Crippen molar-refractivity contribution in [2.75, 3.05) is 6.54 Å². The predicted octanol–water partition coefficient (Wildman–Crippen LogP) is 6.48. The molecule has 0 fully saturated rings. The van der Waals surface area contributed by atoms with Crippen LogP contribution in [0.4, 0.5) is 10.1 Å². The van der Waals surface area contributed by atoms with Gasteiger partial charge in [-0.2, -0.15) is 4.76 Å². The lowest BCUT2D eigenvalue weighted by molar-refractivity contribution is 0.326. The first-order valence-electron chi connectivity index (χ1n) is 8.77. The van der Waals surface area contributed by atoms with E-state index in [0.29, 0.717) is 22.2 Å². The third-order valence-corrected chi connectivity index (χ3v) is 5.05. The number of ether oxygens (including phenoxy) is 1. The van der Waals surface area contributed by atoms with Crippen molar-refractivity contribution in [3.8, 4) is 16.9 Å². The van der Waals surface area contributed by atoms with Crippen LogP contribution in [0.2, 0.25) is 5.02 Å². The standard InChI is InChI=1S/C22H15Cl2FN2O2/c23-16-7-11-18(12-8-16)27(28)14-22(20(24)13-26-27)29-21-4-2-1-3-19(21)15-5-9-17(25)10-6-15/h1-13H,14H2. The fourth-order valence-corrected chi connectivity index (χ4v) is 3.26. The average molecular weight is 429 g/mol. The van der Waals surface area contributed by atoms with Crippen LogP contribution in [0.25, 0.3) is 11.1 Å². The normalized spacial score (nSPS) is 18.8. The van der Waals surface area contributed by atoms with Crippen LogP contribution in [-0.4, -0.2) is 12.8 Å². The Morgan fingerprint density at radius 3 is 2.34 bits per heavy atom. The minimum Gasteiger partial charge on any atom is -0.599 e. The van der Waals surface area contributed by atoms with Crippen LogP contribution in [-0.2, 0) is 0 Å². The molecule has 0 radical (unpaired) electrons. The van der Waals surface area contributed by atoms with Crippen molar-refractivity contribution in [1.82, 2.24) is 4.76 Å². The Labute approximate surface area is 177 Å². The summed E-state index contributed by atoms with van der Waals surface area (Å²) < 4.78 is 18.3. The molecule has 1 aliphatic heterocycles. The summed E-state index contributed by atoms with van der Waals surface area (Å²) in [7, 11) is 0. The minimum absolute atomic E-state index is 0.116. The molecule has 0 N–H and O–H groups in total. The van der Waals surface area contributed by atoms with Crippen molar-refractivity contribution in [2.45, 2.75) is 0 Å². The van der Waals surface area contributed by atoms with E-state index in [1.165, 1.54) is 18.3 Å². The topological polar surface area (TPSA) is 44.6 Å². The summed E-state index contributed by atoms with van der Waals surface area (Å²) in [6, 6.07) is 19.9. The highest BCUT2D eigenvalue weighted by molar-refractivity contribution is 6.39. The molecule has 1 atom stereocenters. The van der Waals surface area contributed by atoms with Gasteiger partial charge in [-0.25, -0.2) is 4.39 Å². The molecule has 3 aromatic carbocycles. The van der Waals surface area contributed by atoms with Crippen LogP contribution < -0.4 is 9.49 Å². The van der Waals surface area contributed by atoms with E-state index in [0.717, 1.165) is 11.1 Å². The number of para-hydroxylation sites is 1. The molecular weight excluding hydrogens is 414 g/mol. The van der Waals surface area contributed by atoms with Gasteiger partial charge in [0.2, 0.25) is 0 Å². The lowest BCUT2D eigenvalue weighted by Crippen LogP contribution is -2.42. The van der Waals surface area contributed by atoms with Crippen LogP contribution in [0.5, 0.6) is 5.75 Å². The molecule has 4 rings (SSSR count). The average Bonchev–Trinajstić information content (AvgIpc) is 2.72. The third kappa shape index (κ3) is 4.18. The second-order valence-electron chi connectivity index (χ2n) is 6.46. The Kier molecular flexibility index (Phi) is 5.39. The number of hydrogen-bond donors (Lipinski definition) is 0. The number of benzene rings is 3. The second kappa shape index (κ2) is 7.97. The summed E-state index contributed by atoms with van der Waals surface area (Å²) in [6.45, 7) is -0.116. The molecule has 3 aromatic rings. The molecule has 0 spiro atoms. The zero-order chi connectivity index (χ0) is 20.4. The molecule has 0 aromatic heterocycles. The molecule has 0 saturated heterocycles. The number of rotatable bonds is 4. The maximum atomic E-state index is 13.3. The zero-order valence-corrected chi connectivity index (χ0v) is 16.6. The van der Waals surface area contributed by atoms with Crippen molar-refractivity contribution in [3.05, 3.63) is 99.6 Å². The summed E-state index contributed by atoms with van der Waals surface area (Å²) in [5, 5.41) is 18.1. The van der Waals surface area contributed by atoms with Gasteiger partial charge < -0.3 is 9.94 Å². The molecule has 4 nitrogen and oxygen atoms in total. The highest BCUT2D eigenvalue weighted by atomic mass is 35.5. The van der Waals surface area contributed by atoms with E-state index >= 15 is 0 Å². The molecule has 7 heteroatoms. The Morgan fingerprint density at radius 2 is 1.62 bits per heavy atom. The van der Waals surface area contributed by atoms with Gasteiger partial charge in [0.15, 0.2) is 18.0 Å². The van der Waals surface area contributed by atoms with Gasteiger partial charge in [0.1, 0.15) is 22.8 Å². The molecule has 146 valence electrons. The Morgan fingerprint density at radius 1 is 0.931 bits per heavy atom. The predicted molar refractivity (Wildman–Crippen MR) is 115 cm³/mol. The summed E-state index contributed by atoms with van der Waals surface area (Å²) >= 11 is 12.2. The summed E-state index contributed by atoms with van der Waals surface area (Å²) in [5.41, 5.74) is 1.94. The van der Waals surface area contributed by atoms with Gasteiger partial charge in [-0.1, -0.05) is 58.6 Å². The maximum absolute atomic E-state index is 13.3. The van der Waals surface area contributed by atoms with E-state index in [9.17, 15) is 9.60 Å². The molecule has 0 amide bonds. The Balaban J connectivity index is 1.65. The number of halogens is 3. The minimum atomic E-state index is -0.999. The zero-order valence-electron chi connectivity index (χ0n) is 15.1. The summed E-state index contributed by atoms with van der Waals surface area (Å²) in [4.78, 5) is 0. The molecule has 1 unspecified atom stereocenters.